The molecular formula is C16H14ClN3O3S. The van der Waals surface area contributed by atoms with Crippen LogP contribution in [0.1, 0.15) is 6.42 Å². The number of pyridine rings is 1. The zero-order valence-corrected chi connectivity index (χ0v) is 14.2. The third kappa shape index (κ3) is 3.47. The van der Waals surface area contributed by atoms with Crippen LogP contribution >= 0.6 is 11.6 Å². The third-order valence-corrected chi connectivity index (χ3v) is 5.65. The molecule has 8 heteroatoms. The molecule has 2 aromatic heterocycles. The number of rotatable bonds is 5. The van der Waals surface area contributed by atoms with E-state index in [2.05, 4.69) is 9.97 Å². The molecule has 0 N–H and O–H groups in total. The number of nitrogens with zero attached hydrogens (tertiary/aromatic N) is 3. The van der Waals surface area contributed by atoms with E-state index in [1.165, 1.54) is 23.0 Å². The van der Waals surface area contributed by atoms with Gasteiger partial charge in [0.2, 0.25) is 0 Å². The number of hydrogen-bond donors (Lipinski definition) is 0. The van der Waals surface area contributed by atoms with Crippen LogP contribution in [0.25, 0.3) is 11.0 Å². The van der Waals surface area contributed by atoms with Gasteiger partial charge in [-0.25, -0.2) is 18.4 Å². The Morgan fingerprint density at radius 1 is 1.08 bits per heavy atom. The van der Waals surface area contributed by atoms with Crippen LogP contribution in [-0.2, 0) is 16.4 Å². The minimum atomic E-state index is -3.41. The molecule has 0 saturated carbocycles. The van der Waals surface area contributed by atoms with Crippen LogP contribution in [0.2, 0.25) is 5.02 Å². The molecule has 0 fully saturated rings. The van der Waals surface area contributed by atoms with Gasteiger partial charge in [0.05, 0.1) is 22.4 Å². The minimum Gasteiger partial charge on any atom is -0.299 e. The maximum atomic E-state index is 12.3. The number of sulfone groups is 1. The molecule has 0 bridgehead atoms. The van der Waals surface area contributed by atoms with Crippen LogP contribution in [0.4, 0.5) is 0 Å². The smallest absolute Gasteiger partial charge is 0.262 e. The Labute approximate surface area is 143 Å². The fourth-order valence-electron chi connectivity index (χ4n) is 2.34. The van der Waals surface area contributed by atoms with E-state index < -0.39 is 9.84 Å². The second-order valence-corrected chi connectivity index (χ2v) is 7.79. The Hall–Kier alpha value is -2.25. The van der Waals surface area contributed by atoms with E-state index in [0.29, 0.717) is 22.5 Å². The Kier molecular flexibility index (Phi) is 4.64. The summed E-state index contributed by atoms with van der Waals surface area (Å²) in [6.07, 6.45) is 3.27. The lowest BCUT2D eigenvalue weighted by Crippen LogP contribution is -2.22. The lowest BCUT2D eigenvalue weighted by Gasteiger charge is -2.07. The van der Waals surface area contributed by atoms with Gasteiger partial charge < -0.3 is 0 Å². The van der Waals surface area contributed by atoms with Gasteiger partial charge in [0.25, 0.3) is 5.56 Å². The van der Waals surface area contributed by atoms with Crippen molar-refractivity contribution in [2.24, 2.45) is 0 Å². The monoisotopic (exact) mass is 363 g/mol. The SMILES string of the molecule is O=c1c2cccnc2ncn1CCCS(=O)(=O)c1ccc(Cl)cc1. The molecule has 124 valence electrons. The molecule has 2 heterocycles. The molecule has 6 nitrogen and oxygen atoms in total. The topological polar surface area (TPSA) is 81.9 Å². The maximum Gasteiger partial charge on any atom is 0.262 e. The van der Waals surface area contributed by atoms with E-state index in [4.69, 9.17) is 11.6 Å². The number of benzene rings is 1. The van der Waals surface area contributed by atoms with Gasteiger partial charge in [-0.1, -0.05) is 11.6 Å². The van der Waals surface area contributed by atoms with Gasteiger partial charge in [-0.3, -0.25) is 9.36 Å². The summed E-state index contributed by atoms with van der Waals surface area (Å²) in [6, 6.07) is 9.36. The van der Waals surface area contributed by atoms with Crippen LogP contribution in [0.15, 0.2) is 58.6 Å². The van der Waals surface area contributed by atoms with E-state index in [0.717, 1.165) is 0 Å². The Morgan fingerprint density at radius 2 is 1.83 bits per heavy atom. The van der Waals surface area contributed by atoms with Crippen LogP contribution < -0.4 is 5.56 Å². The third-order valence-electron chi connectivity index (χ3n) is 3.58. The molecule has 0 spiro atoms. The van der Waals surface area contributed by atoms with Crippen molar-refractivity contribution >= 4 is 32.5 Å². The molecular weight excluding hydrogens is 350 g/mol. The van der Waals surface area contributed by atoms with Crippen molar-refractivity contribution < 1.29 is 8.42 Å². The molecule has 3 rings (SSSR count). The number of hydrogen-bond acceptors (Lipinski definition) is 5. The van der Waals surface area contributed by atoms with Gasteiger partial charge >= 0.3 is 0 Å². The zero-order valence-electron chi connectivity index (χ0n) is 12.6. The summed E-state index contributed by atoms with van der Waals surface area (Å²) in [5, 5.41) is 0.900. The van der Waals surface area contributed by atoms with Gasteiger partial charge in [-0.05, 0) is 42.8 Å². The highest BCUT2D eigenvalue weighted by Gasteiger charge is 2.14. The molecule has 24 heavy (non-hydrogen) atoms. The predicted molar refractivity (Wildman–Crippen MR) is 91.9 cm³/mol. The lowest BCUT2D eigenvalue weighted by atomic mass is 10.3. The van der Waals surface area contributed by atoms with Crippen LogP contribution in [0.5, 0.6) is 0 Å². The van der Waals surface area contributed by atoms with Crippen LogP contribution in [0.3, 0.4) is 0 Å². The van der Waals surface area contributed by atoms with Crippen molar-refractivity contribution in [1.82, 2.24) is 14.5 Å². The second-order valence-electron chi connectivity index (χ2n) is 5.24. The average Bonchev–Trinajstić information content (AvgIpc) is 2.57. The molecule has 3 aromatic rings. The first-order valence-electron chi connectivity index (χ1n) is 7.26. The highest BCUT2D eigenvalue weighted by Crippen LogP contribution is 2.16. The summed E-state index contributed by atoms with van der Waals surface area (Å²) < 4.78 is 26.0. The Balaban J connectivity index is 1.73. The summed E-state index contributed by atoms with van der Waals surface area (Å²) in [5.74, 6) is -0.0633. The van der Waals surface area contributed by atoms with Crippen molar-refractivity contribution in [3.8, 4) is 0 Å². The van der Waals surface area contributed by atoms with Gasteiger partial charge in [-0.2, -0.15) is 0 Å². The molecule has 0 amide bonds. The average molecular weight is 364 g/mol. The largest absolute Gasteiger partial charge is 0.299 e. The number of aromatic nitrogens is 3. The highest BCUT2D eigenvalue weighted by atomic mass is 35.5. The van der Waals surface area contributed by atoms with Crippen molar-refractivity contribution in [1.29, 1.82) is 0 Å². The number of aryl methyl sites for hydroxylation is 1. The van der Waals surface area contributed by atoms with E-state index in [1.807, 2.05) is 0 Å². The summed E-state index contributed by atoms with van der Waals surface area (Å²) in [7, 11) is -3.41. The fraction of sp³-hybridized carbons (Fsp3) is 0.188. The quantitative estimate of drug-likeness (QED) is 0.694. The molecule has 0 radical (unpaired) electrons. The van der Waals surface area contributed by atoms with E-state index in [9.17, 15) is 13.2 Å². The van der Waals surface area contributed by atoms with Gasteiger partial charge in [0, 0.05) is 17.8 Å². The molecule has 0 atom stereocenters. The van der Waals surface area contributed by atoms with Crippen molar-refractivity contribution in [2.45, 2.75) is 17.9 Å². The molecule has 0 aliphatic heterocycles. The summed E-state index contributed by atoms with van der Waals surface area (Å²) >= 11 is 5.77. The highest BCUT2D eigenvalue weighted by molar-refractivity contribution is 7.91. The summed E-state index contributed by atoms with van der Waals surface area (Å²) in [4.78, 5) is 20.7. The van der Waals surface area contributed by atoms with Gasteiger partial charge in [0.15, 0.2) is 15.5 Å². The predicted octanol–water partition coefficient (Wildman–Crippen LogP) is 2.31. The zero-order chi connectivity index (χ0) is 17.2. The fourth-order valence-corrected chi connectivity index (χ4v) is 3.76. The molecule has 0 unspecified atom stereocenters. The number of fused-ring (bicyclic) bond motifs is 1. The van der Waals surface area contributed by atoms with Crippen molar-refractivity contribution in [2.75, 3.05) is 5.75 Å². The number of halogens is 1. The van der Waals surface area contributed by atoms with Crippen molar-refractivity contribution in [3.63, 3.8) is 0 Å². The minimum absolute atomic E-state index is 0.0633. The van der Waals surface area contributed by atoms with E-state index >= 15 is 0 Å². The molecule has 1 aromatic carbocycles. The summed E-state index contributed by atoms with van der Waals surface area (Å²) in [6.45, 7) is 0.267. The lowest BCUT2D eigenvalue weighted by molar-refractivity contribution is 0.583. The molecule has 0 aliphatic carbocycles. The molecule has 0 aliphatic rings. The van der Waals surface area contributed by atoms with Gasteiger partial charge in [0.1, 0.15) is 0 Å². The van der Waals surface area contributed by atoms with Gasteiger partial charge in [-0.15, -0.1) is 0 Å². The Bertz CT molecular complexity index is 1030. The second kappa shape index (κ2) is 6.70. The van der Waals surface area contributed by atoms with E-state index in [-0.39, 0.29) is 22.8 Å². The summed E-state index contributed by atoms with van der Waals surface area (Å²) in [5.41, 5.74) is 0.157. The Morgan fingerprint density at radius 3 is 2.58 bits per heavy atom. The van der Waals surface area contributed by atoms with Crippen LogP contribution in [0, 0.1) is 0 Å². The molecule has 0 saturated heterocycles. The first-order chi connectivity index (χ1) is 11.5. The standard InChI is InChI=1S/C16H14ClN3O3S/c17-12-4-6-13(7-5-12)24(22,23)10-2-9-20-11-19-15-14(16(20)21)3-1-8-18-15/h1,3-8,11H,2,9-10H2. The van der Waals surface area contributed by atoms with Crippen molar-refractivity contribution in [3.05, 3.63) is 64.3 Å². The van der Waals surface area contributed by atoms with Crippen LogP contribution in [-0.4, -0.2) is 28.7 Å². The van der Waals surface area contributed by atoms with E-state index in [1.54, 1.807) is 30.5 Å². The maximum absolute atomic E-state index is 12.3. The normalized spacial score (nSPS) is 11.7. The first kappa shape index (κ1) is 16.6. The first-order valence-corrected chi connectivity index (χ1v) is 9.29.